The quantitative estimate of drug-likeness (QED) is 0.549. The molecule has 1 aliphatic carbocycles. The fourth-order valence-corrected chi connectivity index (χ4v) is 4.69. The van der Waals surface area contributed by atoms with Crippen LogP contribution >= 0.6 is 0 Å². The lowest BCUT2D eigenvalue weighted by atomic mass is 9.93. The van der Waals surface area contributed by atoms with Gasteiger partial charge in [0.15, 0.2) is 11.5 Å². The number of benzene rings is 2. The van der Waals surface area contributed by atoms with E-state index in [0.29, 0.717) is 24.0 Å². The Bertz CT molecular complexity index is 979. The molecule has 1 unspecified atom stereocenters. The van der Waals surface area contributed by atoms with Gasteiger partial charge in [0.25, 0.3) is 0 Å². The van der Waals surface area contributed by atoms with E-state index < -0.39 is 5.92 Å². The zero-order valence-electron chi connectivity index (χ0n) is 19.2. The van der Waals surface area contributed by atoms with Crippen LogP contribution in [0.15, 0.2) is 41.4 Å². The summed E-state index contributed by atoms with van der Waals surface area (Å²) in [7, 11) is 3.19. The van der Waals surface area contributed by atoms with Crippen LogP contribution in [0.4, 0.5) is 11.4 Å². The zero-order valence-corrected chi connectivity index (χ0v) is 19.2. The Morgan fingerprint density at radius 2 is 1.75 bits per heavy atom. The predicted molar refractivity (Wildman–Crippen MR) is 128 cm³/mol. The number of fused-ring (bicyclic) bond motifs is 1. The number of rotatable bonds is 8. The minimum absolute atomic E-state index is 0.0655. The van der Waals surface area contributed by atoms with Gasteiger partial charge in [-0.15, -0.1) is 0 Å². The first kappa shape index (κ1) is 22.3. The number of hydrogen-bond acceptors (Lipinski definition) is 5. The molecule has 1 atom stereocenters. The van der Waals surface area contributed by atoms with Gasteiger partial charge in [-0.25, -0.2) is 0 Å². The van der Waals surface area contributed by atoms with Gasteiger partial charge >= 0.3 is 0 Å². The number of amides is 1. The maximum atomic E-state index is 12.8. The molecule has 0 radical (unpaired) electrons. The van der Waals surface area contributed by atoms with Crippen molar-refractivity contribution in [3.8, 4) is 11.5 Å². The largest absolute Gasteiger partial charge is 0.493 e. The summed E-state index contributed by atoms with van der Waals surface area (Å²) in [6.07, 6.45) is 7.28. The fraction of sp³-hybridized carbons (Fsp3) is 0.462. The highest BCUT2D eigenvalue weighted by Crippen LogP contribution is 2.42. The average molecular weight is 436 g/mol. The summed E-state index contributed by atoms with van der Waals surface area (Å²) in [6, 6.07) is 12.7. The third-order valence-corrected chi connectivity index (χ3v) is 6.49. The second kappa shape index (κ2) is 10.2. The van der Waals surface area contributed by atoms with Gasteiger partial charge in [-0.3, -0.25) is 9.79 Å². The van der Waals surface area contributed by atoms with Gasteiger partial charge in [0.05, 0.1) is 19.9 Å². The number of ether oxygens (including phenoxy) is 2. The van der Waals surface area contributed by atoms with E-state index in [4.69, 9.17) is 14.5 Å². The van der Waals surface area contributed by atoms with Crippen LogP contribution in [0, 0.1) is 0 Å². The standard InChI is InChI=1S/C26H33N3O3/c1-4-21(25-20-14-23(31-2)24(32-3)15-22(20)29-26(25)30)28-19-12-10-17(11-13-19)16-27-18-8-6-5-7-9-18/h10-15,18,25,27H,4-9,16H2,1-3H3,(H,29,30). The molecule has 0 bridgehead atoms. The maximum Gasteiger partial charge on any atom is 0.237 e. The van der Waals surface area contributed by atoms with Crippen LogP contribution in [0.2, 0.25) is 0 Å². The number of nitrogens with zero attached hydrogens (tertiary/aromatic N) is 1. The van der Waals surface area contributed by atoms with Gasteiger partial charge in [-0.05, 0) is 48.6 Å². The highest BCUT2D eigenvalue weighted by atomic mass is 16.5. The van der Waals surface area contributed by atoms with Crippen molar-refractivity contribution in [1.82, 2.24) is 5.32 Å². The molecule has 2 aliphatic rings. The van der Waals surface area contributed by atoms with Crippen LogP contribution in [-0.2, 0) is 11.3 Å². The molecule has 1 saturated carbocycles. The number of anilines is 1. The highest BCUT2D eigenvalue weighted by Gasteiger charge is 2.35. The molecular weight excluding hydrogens is 402 g/mol. The number of hydrogen-bond donors (Lipinski definition) is 2. The number of carbonyl (C=O) groups is 1. The van der Waals surface area contributed by atoms with E-state index in [1.54, 1.807) is 14.2 Å². The summed E-state index contributed by atoms with van der Waals surface area (Å²) in [5, 5.41) is 6.65. The van der Waals surface area contributed by atoms with Gasteiger partial charge in [-0.1, -0.05) is 38.3 Å². The number of methoxy groups -OCH3 is 2. The minimum Gasteiger partial charge on any atom is -0.493 e. The molecule has 170 valence electrons. The molecule has 0 aromatic heterocycles. The number of nitrogens with one attached hydrogen (secondary N) is 2. The topological polar surface area (TPSA) is 72.0 Å². The van der Waals surface area contributed by atoms with Crippen molar-refractivity contribution in [3.05, 3.63) is 47.5 Å². The molecule has 4 rings (SSSR count). The molecule has 0 spiro atoms. The van der Waals surface area contributed by atoms with E-state index in [0.717, 1.165) is 29.2 Å². The third-order valence-electron chi connectivity index (χ3n) is 6.49. The Balaban J connectivity index is 1.51. The van der Waals surface area contributed by atoms with E-state index >= 15 is 0 Å². The van der Waals surface area contributed by atoms with Crippen molar-refractivity contribution in [3.63, 3.8) is 0 Å². The second-order valence-electron chi connectivity index (χ2n) is 8.56. The molecule has 1 fully saturated rings. The van der Waals surface area contributed by atoms with Crippen LogP contribution in [-0.4, -0.2) is 31.9 Å². The van der Waals surface area contributed by atoms with Crippen molar-refractivity contribution in [1.29, 1.82) is 0 Å². The van der Waals surface area contributed by atoms with E-state index in [2.05, 4.69) is 22.8 Å². The van der Waals surface area contributed by atoms with E-state index in [9.17, 15) is 4.79 Å². The molecule has 0 saturated heterocycles. The number of carbonyl (C=O) groups excluding carboxylic acids is 1. The summed E-state index contributed by atoms with van der Waals surface area (Å²) < 4.78 is 10.8. The van der Waals surface area contributed by atoms with Gasteiger partial charge in [-0.2, -0.15) is 0 Å². The Morgan fingerprint density at radius 3 is 2.41 bits per heavy atom. The summed E-state index contributed by atoms with van der Waals surface area (Å²) in [5.41, 5.74) is 4.59. The molecule has 1 heterocycles. The molecule has 32 heavy (non-hydrogen) atoms. The molecule has 6 heteroatoms. The van der Waals surface area contributed by atoms with E-state index in [1.807, 2.05) is 31.2 Å². The van der Waals surface area contributed by atoms with Crippen LogP contribution in [0.25, 0.3) is 0 Å². The van der Waals surface area contributed by atoms with E-state index in [1.165, 1.54) is 37.7 Å². The molecule has 2 N–H and O–H groups in total. The molecule has 6 nitrogen and oxygen atoms in total. The summed E-state index contributed by atoms with van der Waals surface area (Å²) in [5.74, 6) is 0.712. The van der Waals surface area contributed by atoms with Crippen molar-refractivity contribution in [2.75, 3.05) is 19.5 Å². The molecule has 1 aliphatic heterocycles. The van der Waals surface area contributed by atoms with Crippen molar-refractivity contribution in [2.24, 2.45) is 4.99 Å². The first-order valence-electron chi connectivity index (χ1n) is 11.6. The van der Waals surface area contributed by atoms with Crippen LogP contribution in [0.1, 0.15) is 62.5 Å². The van der Waals surface area contributed by atoms with Crippen molar-refractivity contribution < 1.29 is 14.3 Å². The fourth-order valence-electron chi connectivity index (χ4n) is 4.69. The van der Waals surface area contributed by atoms with Gasteiger partial charge in [0.1, 0.15) is 5.92 Å². The zero-order chi connectivity index (χ0) is 22.5. The minimum atomic E-state index is -0.428. The van der Waals surface area contributed by atoms with Crippen LogP contribution in [0.3, 0.4) is 0 Å². The number of aliphatic imine (C=N–C) groups is 1. The third kappa shape index (κ3) is 4.80. The smallest absolute Gasteiger partial charge is 0.237 e. The predicted octanol–water partition coefficient (Wildman–Crippen LogP) is 5.34. The van der Waals surface area contributed by atoms with Gasteiger partial charge in [0.2, 0.25) is 5.91 Å². The molecular formula is C26H33N3O3. The molecule has 1 amide bonds. The van der Waals surface area contributed by atoms with Gasteiger partial charge < -0.3 is 20.1 Å². The van der Waals surface area contributed by atoms with Crippen LogP contribution in [0.5, 0.6) is 11.5 Å². The van der Waals surface area contributed by atoms with Gasteiger partial charge in [0, 0.05) is 30.1 Å². The highest BCUT2D eigenvalue weighted by molar-refractivity contribution is 6.19. The lowest BCUT2D eigenvalue weighted by Crippen LogP contribution is -2.30. The summed E-state index contributed by atoms with van der Waals surface area (Å²) in [6.45, 7) is 2.92. The molecule has 2 aromatic carbocycles. The Hall–Kier alpha value is -2.86. The summed E-state index contributed by atoms with van der Waals surface area (Å²) >= 11 is 0. The Morgan fingerprint density at radius 1 is 1.06 bits per heavy atom. The van der Waals surface area contributed by atoms with Crippen LogP contribution < -0.4 is 20.1 Å². The van der Waals surface area contributed by atoms with Crippen molar-refractivity contribution >= 4 is 23.0 Å². The lowest BCUT2D eigenvalue weighted by Gasteiger charge is -2.22. The normalized spacial score (nSPS) is 18.9. The molecule has 2 aromatic rings. The average Bonchev–Trinajstić information content (AvgIpc) is 3.16. The SMILES string of the molecule is CCC(=Nc1ccc(CNC2CCCCC2)cc1)C1C(=O)Nc2cc(OC)c(OC)cc21. The first-order valence-corrected chi connectivity index (χ1v) is 11.6. The Labute approximate surface area is 190 Å². The first-order chi connectivity index (χ1) is 15.6. The second-order valence-corrected chi connectivity index (χ2v) is 8.56. The monoisotopic (exact) mass is 435 g/mol. The maximum absolute atomic E-state index is 12.8. The van der Waals surface area contributed by atoms with E-state index in [-0.39, 0.29) is 5.91 Å². The Kier molecular flexibility index (Phi) is 7.10. The lowest BCUT2D eigenvalue weighted by molar-refractivity contribution is -0.115. The van der Waals surface area contributed by atoms with Crippen molar-refractivity contribution in [2.45, 2.75) is 64.0 Å². The summed E-state index contributed by atoms with van der Waals surface area (Å²) in [4.78, 5) is 17.7.